The fourth-order valence-electron chi connectivity index (χ4n) is 1.82. The number of halogens is 1. The third-order valence-corrected chi connectivity index (χ3v) is 4.12. The van der Waals surface area contributed by atoms with Crippen LogP contribution >= 0.6 is 11.8 Å². The molecule has 1 amide bonds. The summed E-state index contributed by atoms with van der Waals surface area (Å²) < 4.78 is 13.0. The van der Waals surface area contributed by atoms with Gasteiger partial charge < -0.3 is 11.5 Å². The van der Waals surface area contributed by atoms with Crippen molar-refractivity contribution in [3.8, 4) is 0 Å². The first-order chi connectivity index (χ1) is 9.47. The van der Waals surface area contributed by atoms with Gasteiger partial charge in [0.15, 0.2) is 0 Å². The molecule has 0 bridgehead atoms. The van der Waals surface area contributed by atoms with Crippen LogP contribution in [0.25, 0.3) is 0 Å². The van der Waals surface area contributed by atoms with Crippen LogP contribution in [-0.2, 0) is 5.75 Å². The van der Waals surface area contributed by atoms with E-state index < -0.39 is 5.91 Å². The molecule has 0 spiro atoms. The highest BCUT2D eigenvalue weighted by atomic mass is 32.2. The van der Waals surface area contributed by atoms with Crippen molar-refractivity contribution in [3.05, 3.63) is 58.9 Å². The molecule has 2 aromatic carbocycles. The van der Waals surface area contributed by atoms with Crippen LogP contribution in [-0.4, -0.2) is 5.91 Å². The summed E-state index contributed by atoms with van der Waals surface area (Å²) in [5, 5.41) is 0. The Labute approximate surface area is 121 Å². The van der Waals surface area contributed by atoms with E-state index in [0.717, 1.165) is 16.0 Å². The maximum atomic E-state index is 13.0. The summed E-state index contributed by atoms with van der Waals surface area (Å²) in [6.45, 7) is 1.93. The molecule has 0 fully saturated rings. The molecule has 20 heavy (non-hydrogen) atoms. The topological polar surface area (TPSA) is 69.1 Å². The molecule has 2 rings (SSSR count). The highest BCUT2D eigenvalue weighted by molar-refractivity contribution is 7.98. The summed E-state index contributed by atoms with van der Waals surface area (Å²) in [4.78, 5) is 11.9. The third kappa shape index (κ3) is 3.30. The molecule has 5 heteroatoms. The number of aryl methyl sites for hydroxylation is 1. The fourth-order valence-corrected chi connectivity index (χ4v) is 2.84. The van der Waals surface area contributed by atoms with Gasteiger partial charge in [-0.25, -0.2) is 4.39 Å². The van der Waals surface area contributed by atoms with Crippen molar-refractivity contribution >= 4 is 23.4 Å². The van der Waals surface area contributed by atoms with Crippen LogP contribution in [0.2, 0.25) is 0 Å². The maximum Gasteiger partial charge on any atom is 0.248 e. The highest BCUT2D eigenvalue weighted by Gasteiger charge is 2.06. The number of anilines is 1. The number of benzene rings is 2. The molecule has 0 heterocycles. The van der Waals surface area contributed by atoms with Crippen molar-refractivity contribution in [2.24, 2.45) is 5.73 Å². The normalized spacial score (nSPS) is 10.5. The second kappa shape index (κ2) is 5.96. The van der Waals surface area contributed by atoms with Crippen LogP contribution in [0.4, 0.5) is 10.1 Å². The predicted molar refractivity (Wildman–Crippen MR) is 80.1 cm³/mol. The number of carbonyl (C=O) groups excluding carboxylic acids is 1. The Hall–Kier alpha value is -2.01. The SMILES string of the molecule is Cc1cc(C(N)=O)ccc1CSc1ccc(F)cc1N. The van der Waals surface area contributed by atoms with Gasteiger partial charge in [-0.15, -0.1) is 11.8 Å². The summed E-state index contributed by atoms with van der Waals surface area (Å²) in [6, 6.07) is 9.73. The molecule has 0 unspecified atom stereocenters. The monoisotopic (exact) mass is 290 g/mol. The van der Waals surface area contributed by atoms with E-state index in [4.69, 9.17) is 11.5 Å². The Bertz CT molecular complexity index is 658. The van der Waals surface area contributed by atoms with Gasteiger partial charge in [-0.3, -0.25) is 4.79 Å². The van der Waals surface area contributed by atoms with E-state index in [1.165, 1.54) is 23.9 Å². The largest absolute Gasteiger partial charge is 0.398 e. The number of hydrogen-bond acceptors (Lipinski definition) is 3. The van der Waals surface area contributed by atoms with Gasteiger partial charge in [0.2, 0.25) is 5.91 Å². The van der Waals surface area contributed by atoms with Crippen molar-refractivity contribution in [2.45, 2.75) is 17.6 Å². The summed E-state index contributed by atoms with van der Waals surface area (Å²) >= 11 is 1.53. The molecule has 0 aliphatic heterocycles. The van der Waals surface area contributed by atoms with E-state index in [9.17, 15) is 9.18 Å². The zero-order chi connectivity index (χ0) is 14.7. The number of amides is 1. The summed E-state index contributed by atoms with van der Waals surface area (Å²) in [6.07, 6.45) is 0. The Morgan fingerprint density at radius 1 is 1.25 bits per heavy atom. The molecule has 0 aliphatic carbocycles. The number of rotatable bonds is 4. The Morgan fingerprint density at radius 3 is 2.60 bits per heavy atom. The summed E-state index contributed by atoms with van der Waals surface area (Å²) in [5.74, 6) is -0.0790. The second-order valence-corrected chi connectivity index (χ2v) is 5.49. The lowest BCUT2D eigenvalue weighted by Crippen LogP contribution is -2.11. The highest BCUT2D eigenvalue weighted by Crippen LogP contribution is 2.29. The molecule has 0 saturated heterocycles. The average molecular weight is 290 g/mol. The lowest BCUT2D eigenvalue weighted by Gasteiger charge is -2.09. The standard InChI is InChI=1S/C15H15FN2OS/c1-9-6-10(15(18)19)2-3-11(9)8-20-14-5-4-12(16)7-13(14)17/h2-7H,8,17H2,1H3,(H2,18,19). The number of carbonyl (C=O) groups is 1. The number of nitrogen functional groups attached to an aromatic ring is 1. The van der Waals surface area contributed by atoms with Gasteiger partial charge in [-0.1, -0.05) is 6.07 Å². The van der Waals surface area contributed by atoms with Gasteiger partial charge in [-0.2, -0.15) is 0 Å². The Balaban J connectivity index is 2.13. The van der Waals surface area contributed by atoms with E-state index in [2.05, 4.69) is 0 Å². The molecule has 3 nitrogen and oxygen atoms in total. The Morgan fingerprint density at radius 2 is 2.00 bits per heavy atom. The molecular weight excluding hydrogens is 275 g/mol. The zero-order valence-electron chi connectivity index (χ0n) is 11.0. The van der Waals surface area contributed by atoms with Crippen molar-refractivity contribution in [1.29, 1.82) is 0 Å². The number of thioether (sulfide) groups is 1. The number of primary amides is 1. The van der Waals surface area contributed by atoms with Crippen LogP contribution in [0, 0.1) is 12.7 Å². The zero-order valence-corrected chi connectivity index (χ0v) is 11.8. The van der Waals surface area contributed by atoms with Gasteiger partial charge in [-0.05, 0) is 48.4 Å². The van der Waals surface area contributed by atoms with E-state index in [1.54, 1.807) is 18.2 Å². The van der Waals surface area contributed by atoms with E-state index >= 15 is 0 Å². The number of hydrogen-bond donors (Lipinski definition) is 2. The van der Waals surface area contributed by atoms with Crippen molar-refractivity contribution in [3.63, 3.8) is 0 Å². The molecule has 0 saturated carbocycles. The van der Waals surface area contributed by atoms with Crippen LogP contribution < -0.4 is 11.5 Å². The minimum absolute atomic E-state index is 0.339. The molecule has 2 aromatic rings. The smallest absolute Gasteiger partial charge is 0.248 e. The van der Waals surface area contributed by atoms with Crippen molar-refractivity contribution in [1.82, 2.24) is 0 Å². The van der Waals surface area contributed by atoms with Gasteiger partial charge >= 0.3 is 0 Å². The van der Waals surface area contributed by atoms with Gasteiger partial charge in [0.05, 0.1) is 0 Å². The van der Waals surface area contributed by atoms with Gasteiger partial charge in [0.1, 0.15) is 5.82 Å². The summed E-state index contributed by atoms with van der Waals surface area (Å²) in [7, 11) is 0. The minimum atomic E-state index is -0.435. The van der Waals surface area contributed by atoms with Crippen LogP contribution in [0.1, 0.15) is 21.5 Å². The van der Waals surface area contributed by atoms with Gasteiger partial charge in [0, 0.05) is 21.9 Å². The fraction of sp³-hybridized carbons (Fsp3) is 0.133. The predicted octanol–water partition coefficient (Wildman–Crippen LogP) is 3.11. The number of nitrogens with two attached hydrogens (primary N) is 2. The van der Waals surface area contributed by atoms with Crippen molar-refractivity contribution in [2.75, 3.05) is 5.73 Å². The molecule has 0 radical (unpaired) electrons. The molecular formula is C15H15FN2OS. The second-order valence-electron chi connectivity index (χ2n) is 4.48. The molecule has 0 atom stereocenters. The van der Waals surface area contributed by atoms with Crippen LogP contribution in [0.3, 0.4) is 0 Å². The quantitative estimate of drug-likeness (QED) is 0.671. The van der Waals surface area contributed by atoms with Crippen LogP contribution in [0.5, 0.6) is 0 Å². The van der Waals surface area contributed by atoms with E-state index in [1.807, 2.05) is 13.0 Å². The molecule has 104 valence electrons. The lowest BCUT2D eigenvalue weighted by atomic mass is 10.1. The Kier molecular flexibility index (Phi) is 4.29. The maximum absolute atomic E-state index is 13.0. The molecule has 4 N–H and O–H groups in total. The minimum Gasteiger partial charge on any atom is -0.398 e. The van der Waals surface area contributed by atoms with Crippen molar-refractivity contribution < 1.29 is 9.18 Å². The van der Waals surface area contributed by atoms with Crippen LogP contribution in [0.15, 0.2) is 41.3 Å². The van der Waals surface area contributed by atoms with E-state index in [0.29, 0.717) is 17.0 Å². The first-order valence-electron chi connectivity index (χ1n) is 6.04. The van der Waals surface area contributed by atoms with Gasteiger partial charge in [0.25, 0.3) is 0 Å². The third-order valence-electron chi connectivity index (χ3n) is 2.98. The molecule has 0 aliphatic rings. The average Bonchev–Trinajstić information content (AvgIpc) is 2.38. The molecule has 0 aromatic heterocycles. The first-order valence-corrected chi connectivity index (χ1v) is 7.03. The van der Waals surface area contributed by atoms with E-state index in [-0.39, 0.29) is 5.82 Å². The lowest BCUT2D eigenvalue weighted by molar-refractivity contribution is 0.1000. The summed E-state index contributed by atoms with van der Waals surface area (Å²) in [5.41, 5.74) is 14.0. The first kappa shape index (κ1) is 14.4.